The van der Waals surface area contributed by atoms with Crippen LogP contribution in [0.1, 0.15) is 22.3 Å². The average Bonchev–Trinajstić information content (AvgIpc) is 3.27. The van der Waals surface area contributed by atoms with Gasteiger partial charge in [-0.1, -0.05) is 48.5 Å². The number of rotatable bonds is 3. The summed E-state index contributed by atoms with van der Waals surface area (Å²) < 4.78 is 43.2. The van der Waals surface area contributed by atoms with Crippen molar-refractivity contribution in [2.45, 2.75) is 20.3 Å². The van der Waals surface area contributed by atoms with E-state index in [9.17, 15) is 13.2 Å². The van der Waals surface area contributed by atoms with Crippen LogP contribution in [0.2, 0.25) is 0 Å². The molecule has 0 spiro atoms. The molecule has 0 bridgehead atoms. The van der Waals surface area contributed by atoms with E-state index in [1.54, 1.807) is 0 Å². The number of nitrogens with zero attached hydrogens (tertiary/aromatic N) is 2. The van der Waals surface area contributed by atoms with E-state index in [4.69, 9.17) is 4.98 Å². The first-order valence-corrected chi connectivity index (χ1v) is 11.4. The molecular formula is C30H21F3N2. The minimum absolute atomic E-state index is 0.282. The van der Waals surface area contributed by atoms with E-state index in [1.807, 2.05) is 36.5 Å². The number of hydrogen-bond acceptors (Lipinski definition) is 1. The molecule has 2 nitrogen and oxygen atoms in total. The van der Waals surface area contributed by atoms with Crippen LogP contribution in [-0.4, -0.2) is 9.38 Å². The van der Waals surface area contributed by atoms with E-state index in [0.717, 1.165) is 56.3 Å². The van der Waals surface area contributed by atoms with E-state index in [1.165, 1.54) is 11.1 Å². The molecule has 0 radical (unpaired) electrons. The highest BCUT2D eigenvalue weighted by molar-refractivity contribution is 6.12. The van der Waals surface area contributed by atoms with E-state index in [0.29, 0.717) is 5.56 Å². The lowest BCUT2D eigenvalue weighted by molar-refractivity contribution is 0.445. The number of pyridine rings is 1. The third-order valence-corrected chi connectivity index (χ3v) is 6.71. The van der Waals surface area contributed by atoms with Gasteiger partial charge in [0.2, 0.25) is 0 Å². The zero-order valence-corrected chi connectivity index (χ0v) is 19.2. The molecule has 0 aliphatic carbocycles. The van der Waals surface area contributed by atoms with Crippen LogP contribution in [0.5, 0.6) is 0 Å². The van der Waals surface area contributed by atoms with Gasteiger partial charge >= 0.3 is 0 Å². The molecule has 172 valence electrons. The number of hydrogen-bond donors (Lipinski definition) is 0. The zero-order valence-electron chi connectivity index (χ0n) is 19.2. The quantitative estimate of drug-likeness (QED) is 0.191. The molecule has 0 saturated carbocycles. The van der Waals surface area contributed by atoms with Crippen LogP contribution in [0.4, 0.5) is 13.2 Å². The lowest BCUT2D eigenvalue weighted by atomic mass is 9.98. The summed E-state index contributed by atoms with van der Waals surface area (Å²) in [4.78, 5) is 4.82. The summed E-state index contributed by atoms with van der Waals surface area (Å²) in [7, 11) is 0. The summed E-state index contributed by atoms with van der Waals surface area (Å²) in [6, 6.07) is 22.5. The summed E-state index contributed by atoms with van der Waals surface area (Å²) >= 11 is 0. The molecule has 0 aliphatic heterocycles. The zero-order chi connectivity index (χ0) is 24.3. The van der Waals surface area contributed by atoms with E-state index >= 15 is 0 Å². The lowest BCUT2D eigenvalue weighted by Gasteiger charge is -2.14. The summed E-state index contributed by atoms with van der Waals surface area (Å²) in [5, 5.41) is 3.08. The summed E-state index contributed by atoms with van der Waals surface area (Å²) in [5.74, 6) is -3.80. The van der Waals surface area contributed by atoms with Crippen LogP contribution < -0.4 is 0 Å². The van der Waals surface area contributed by atoms with Crippen molar-refractivity contribution in [2.75, 3.05) is 0 Å². The summed E-state index contributed by atoms with van der Waals surface area (Å²) in [5.41, 5.74) is 7.64. The van der Waals surface area contributed by atoms with Crippen molar-refractivity contribution in [1.29, 1.82) is 0 Å². The van der Waals surface area contributed by atoms with Crippen LogP contribution >= 0.6 is 0 Å². The molecule has 0 saturated heterocycles. The maximum Gasteiger partial charge on any atom is 0.194 e. The van der Waals surface area contributed by atoms with E-state index in [2.05, 4.69) is 48.6 Å². The molecule has 35 heavy (non-hydrogen) atoms. The highest BCUT2D eigenvalue weighted by Crippen LogP contribution is 2.35. The minimum Gasteiger partial charge on any atom is -0.292 e. The Morgan fingerprint density at radius 2 is 1.40 bits per heavy atom. The van der Waals surface area contributed by atoms with Crippen molar-refractivity contribution in [2.24, 2.45) is 0 Å². The molecule has 5 heteroatoms. The van der Waals surface area contributed by atoms with Gasteiger partial charge in [-0.3, -0.25) is 4.40 Å². The van der Waals surface area contributed by atoms with Gasteiger partial charge in [0, 0.05) is 16.3 Å². The van der Waals surface area contributed by atoms with Crippen molar-refractivity contribution in [1.82, 2.24) is 9.38 Å². The standard InChI is InChI=1S/C30H21F3N2/c1-17-6-5-7-18(2)28(17)27-16-34-30-22-9-4-3-8-21(22)23-13-19(10-11-26(23)35(27)30)12-20-14-24(31)29(33)25(32)15-20/h3-11,13-16H,12H2,1-2H3. The molecule has 6 aromatic rings. The molecule has 4 aromatic carbocycles. The van der Waals surface area contributed by atoms with Crippen LogP contribution in [0.15, 0.2) is 79.0 Å². The predicted octanol–water partition coefficient (Wildman–Crippen LogP) is 7.93. The Morgan fingerprint density at radius 3 is 2.11 bits per heavy atom. The number of halogens is 3. The Hall–Kier alpha value is -4.12. The largest absolute Gasteiger partial charge is 0.292 e. The Balaban J connectivity index is 1.62. The van der Waals surface area contributed by atoms with Gasteiger partial charge in [-0.15, -0.1) is 0 Å². The molecule has 0 fully saturated rings. The predicted molar refractivity (Wildman–Crippen MR) is 134 cm³/mol. The smallest absolute Gasteiger partial charge is 0.194 e. The Labute approximate surface area is 200 Å². The third-order valence-electron chi connectivity index (χ3n) is 6.71. The van der Waals surface area contributed by atoms with Gasteiger partial charge < -0.3 is 0 Å². The molecule has 0 amide bonds. The molecule has 6 rings (SSSR count). The molecule has 0 unspecified atom stereocenters. The fourth-order valence-electron chi connectivity index (χ4n) is 5.14. The normalized spacial score (nSPS) is 11.7. The fraction of sp³-hybridized carbons (Fsp3) is 0.100. The van der Waals surface area contributed by atoms with Crippen molar-refractivity contribution >= 4 is 27.3 Å². The van der Waals surface area contributed by atoms with Crippen LogP contribution in [0, 0.1) is 31.3 Å². The van der Waals surface area contributed by atoms with Crippen molar-refractivity contribution in [3.63, 3.8) is 0 Å². The molecule has 0 aliphatic rings. The molecule has 0 atom stereocenters. The van der Waals surface area contributed by atoms with Gasteiger partial charge in [0.05, 0.1) is 17.4 Å². The maximum atomic E-state index is 13.8. The first kappa shape index (κ1) is 21.4. The van der Waals surface area contributed by atoms with Gasteiger partial charge in [-0.2, -0.15) is 0 Å². The first-order chi connectivity index (χ1) is 16.9. The number of aromatic nitrogens is 2. The number of fused-ring (bicyclic) bond motifs is 6. The topological polar surface area (TPSA) is 17.3 Å². The van der Waals surface area contributed by atoms with Crippen molar-refractivity contribution < 1.29 is 13.2 Å². The van der Waals surface area contributed by atoms with E-state index in [-0.39, 0.29) is 6.42 Å². The number of imidazole rings is 1. The van der Waals surface area contributed by atoms with Gasteiger partial charge in [-0.25, -0.2) is 18.2 Å². The maximum absolute atomic E-state index is 13.8. The molecule has 0 N–H and O–H groups in total. The third kappa shape index (κ3) is 3.38. The number of aryl methyl sites for hydroxylation is 2. The van der Waals surface area contributed by atoms with Crippen molar-refractivity contribution in [3.8, 4) is 11.3 Å². The lowest BCUT2D eigenvalue weighted by Crippen LogP contribution is -1.98. The van der Waals surface area contributed by atoms with Gasteiger partial charge in [0.25, 0.3) is 0 Å². The monoisotopic (exact) mass is 466 g/mol. The Bertz CT molecular complexity index is 1740. The average molecular weight is 467 g/mol. The summed E-state index contributed by atoms with van der Waals surface area (Å²) in [6.07, 6.45) is 2.21. The second-order valence-electron chi connectivity index (χ2n) is 9.02. The van der Waals surface area contributed by atoms with Crippen LogP contribution in [-0.2, 0) is 6.42 Å². The Kier molecular flexibility index (Phi) is 4.88. The fourth-order valence-corrected chi connectivity index (χ4v) is 5.14. The van der Waals surface area contributed by atoms with Crippen LogP contribution in [0.25, 0.3) is 38.6 Å². The van der Waals surface area contributed by atoms with Crippen LogP contribution in [0.3, 0.4) is 0 Å². The molecule has 2 heterocycles. The molecular weight excluding hydrogens is 445 g/mol. The highest BCUT2D eigenvalue weighted by Gasteiger charge is 2.17. The molecule has 2 aromatic heterocycles. The SMILES string of the molecule is Cc1cccc(C)c1-c1cnc2c3ccccc3c3cc(Cc4cc(F)c(F)c(F)c4)ccc3n12. The summed E-state index contributed by atoms with van der Waals surface area (Å²) in [6.45, 7) is 4.20. The van der Waals surface area contributed by atoms with Gasteiger partial charge in [-0.05, 0) is 72.2 Å². The second kappa shape index (κ2) is 7.98. The number of benzene rings is 4. The first-order valence-electron chi connectivity index (χ1n) is 11.4. The Morgan fingerprint density at radius 1 is 0.714 bits per heavy atom. The highest BCUT2D eigenvalue weighted by atomic mass is 19.2. The van der Waals surface area contributed by atoms with Crippen molar-refractivity contribution in [3.05, 3.63) is 119 Å². The van der Waals surface area contributed by atoms with E-state index < -0.39 is 17.5 Å². The van der Waals surface area contributed by atoms with Gasteiger partial charge in [0.1, 0.15) is 5.65 Å². The second-order valence-corrected chi connectivity index (χ2v) is 9.02. The van der Waals surface area contributed by atoms with Gasteiger partial charge in [0.15, 0.2) is 17.5 Å². The minimum atomic E-state index is -1.44.